The molecule has 0 bridgehead atoms. The number of benzene rings is 3. The van der Waals surface area contributed by atoms with Crippen molar-refractivity contribution >= 4 is 39.1 Å². The molecule has 29 heavy (non-hydrogen) atoms. The molecule has 0 unspecified atom stereocenters. The molecular formula is C22H16BrFN2O3. The highest BCUT2D eigenvalue weighted by atomic mass is 79.9. The topological polar surface area (TPSA) is 58.6 Å². The highest BCUT2D eigenvalue weighted by molar-refractivity contribution is 9.10. The van der Waals surface area contributed by atoms with Crippen molar-refractivity contribution in [3.63, 3.8) is 0 Å². The van der Waals surface area contributed by atoms with Gasteiger partial charge in [0.1, 0.15) is 11.6 Å². The summed E-state index contributed by atoms with van der Waals surface area (Å²) in [5.74, 6) is -0.255. The molecule has 1 N–H and O–H groups in total. The second-order valence-corrected chi connectivity index (χ2v) is 7.45. The molecular weight excluding hydrogens is 439 g/mol. The Kier molecular flexibility index (Phi) is 5.31. The largest absolute Gasteiger partial charge is 0.481 e. The van der Waals surface area contributed by atoms with Crippen molar-refractivity contribution < 1.29 is 18.7 Å². The summed E-state index contributed by atoms with van der Waals surface area (Å²) in [6, 6.07) is 18.2. The van der Waals surface area contributed by atoms with Gasteiger partial charge in [-0.2, -0.15) is 0 Å². The van der Waals surface area contributed by atoms with Crippen LogP contribution in [-0.2, 0) is 11.3 Å². The van der Waals surface area contributed by atoms with Gasteiger partial charge < -0.3 is 15.0 Å². The van der Waals surface area contributed by atoms with Gasteiger partial charge in [-0.15, -0.1) is 0 Å². The van der Waals surface area contributed by atoms with Gasteiger partial charge in [-0.05, 0) is 54.1 Å². The highest BCUT2D eigenvalue weighted by Crippen LogP contribution is 2.35. The molecule has 5 nitrogen and oxygen atoms in total. The maximum absolute atomic E-state index is 13.1. The first-order valence-electron chi connectivity index (χ1n) is 8.88. The van der Waals surface area contributed by atoms with E-state index in [1.165, 1.54) is 12.1 Å². The summed E-state index contributed by atoms with van der Waals surface area (Å²) in [6.45, 7) is 0.207. The fourth-order valence-electron chi connectivity index (χ4n) is 3.03. The predicted octanol–water partition coefficient (Wildman–Crippen LogP) is 4.77. The standard InChI is InChI=1S/C22H16BrFN2O3/c23-16-5-3-15(4-6-16)22(28)25-18-9-10-19-20(11-18)29-13-21(27)26(19)12-14-1-7-17(24)8-2-14/h1-11H,12-13H2,(H,25,28). The third-order valence-electron chi connectivity index (χ3n) is 4.52. The molecule has 4 rings (SSSR count). The summed E-state index contributed by atoms with van der Waals surface area (Å²) in [7, 11) is 0. The highest BCUT2D eigenvalue weighted by Gasteiger charge is 2.26. The summed E-state index contributed by atoms with van der Waals surface area (Å²) in [5, 5.41) is 2.83. The Morgan fingerprint density at radius 3 is 2.52 bits per heavy atom. The van der Waals surface area contributed by atoms with Gasteiger partial charge >= 0.3 is 0 Å². The van der Waals surface area contributed by atoms with E-state index in [-0.39, 0.29) is 24.2 Å². The quantitative estimate of drug-likeness (QED) is 0.617. The lowest BCUT2D eigenvalue weighted by molar-refractivity contribution is -0.121. The molecule has 0 aromatic heterocycles. The number of nitrogens with zero attached hydrogens (tertiary/aromatic N) is 1. The Morgan fingerprint density at radius 2 is 1.79 bits per heavy atom. The number of hydrogen-bond donors (Lipinski definition) is 1. The van der Waals surface area contributed by atoms with E-state index < -0.39 is 0 Å². The lowest BCUT2D eigenvalue weighted by Gasteiger charge is -2.29. The van der Waals surface area contributed by atoms with Crippen LogP contribution in [0.1, 0.15) is 15.9 Å². The van der Waals surface area contributed by atoms with E-state index in [9.17, 15) is 14.0 Å². The van der Waals surface area contributed by atoms with Gasteiger partial charge in [0.2, 0.25) is 0 Å². The number of nitrogens with one attached hydrogen (secondary N) is 1. The number of carbonyl (C=O) groups excluding carboxylic acids is 2. The fourth-order valence-corrected chi connectivity index (χ4v) is 3.30. The molecule has 2 amide bonds. The van der Waals surface area contributed by atoms with Crippen LogP contribution in [0.2, 0.25) is 0 Å². The lowest BCUT2D eigenvalue weighted by atomic mass is 10.1. The number of hydrogen-bond acceptors (Lipinski definition) is 3. The minimum absolute atomic E-state index is 0.0989. The molecule has 0 atom stereocenters. The monoisotopic (exact) mass is 454 g/mol. The van der Waals surface area contributed by atoms with Crippen molar-refractivity contribution in [1.82, 2.24) is 0 Å². The molecule has 3 aromatic rings. The molecule has 0 radical (unpaired) electrons. The maximum Gasteiger partial charge on any atom is 0.265 e. The average Bonchev–Trinajstić information content (AvgIpc) is 2.72. The molecule has 1 aliphatic heterocycles. The number of rotatable bonds is 4. The van der Waals surface area contributed by atoms with Gasteiger partial charge in [0.15, 0.2) is 6.61 Å². The van der Waals surface area contributed by atoms with Gasteiger partial charge in [0.05, 0.1) is 12.2 Å². The van der Waals surface area contributed by atoms with Crippen LogP contribution in [0.25, 0.3) is 0 Å². The van der Waals surface area contributed by atoms with Crippen LogP contribution >= 0.6 is 15.9 Å². The molecule has 0 spiro atoms. The molecule has 1 heterocycles. The van der Waals surface area contributed by atoms with Crippen LogP contribution < -0.4 is 15.0 Å². The van der Waals surface area contributed by atoms with E-state index in [0.29, 0.717) is 29.2 Å². The van der Waals surface area contributed by atoms with Gasteiger partial charge in [0, 0.05) is 21.8 Å². The molecule has 7 heteroatoms. The average molecular weight is 455 g/mol. The molecule has 3 aromatic carbocycles. The smallest absolute Gasteiger partial charge is 0.265 e. The van der Waals surface area contributed by atoms with E-state index in [4.69, 9.17) is 4.74 Å². The van der Waals surface area contributed by atoms with Crippen LogP contribution in [0.5, 0.6) is 5.75 Å². The third-order valence-corrected chi connectivity index (χ3v) is 5.05. The van der Waals surface area contributed by atoms with Crippen LogP contribution in [0.15, 0.2) is 71.2 Å². The summed E-state index contributed by atoms with van der Waals surface area (Å²) in [5.41, 5.74) is 2.50. The molecule has 0 saturated heterocycles. The second-order valence-electron chi connectivity index (χ2n) is 6.54. The Labute approximate surface area is 175 Å². The summed E-state index contributed by atoms with van der Waals surface area (Å²) >= 11 is 3.34. The minimum atomic E-state index is -0.325. The number of ether oxygens (including phenoxy) is 1. The molecule has 146 valence electrons. The summed E-state index contributed by atoms with van der Waals surface area (Å²) < 4.78 is 19.6. The zero-order valence-corrected chi connectivity index (χ0v) is 16.8. The van der Waals surface area contributed by atoms with Crippen LogP contribution in [0.3, 0.4) is 0 Å². The van der Waals surface area contributed by atoms with Crippen molar-refractivity contribution in [2.24, 2.45) is 0 Å². The molecule has 1 aliphatic rings. The number of halogens is 2. The number of anilines is 2. The van der Waals surface area contributed by atoms with Crippen molar-refractivity contribution in [2.75, 3.05) is 16.8 Å². The SMILES string of the molecule is O=C(Nc1ccc2c(c1)OCC(=O)N2Cc1ccc(F)cc1)c1ccc(Br)cc1. The summed E-state index contributed by atoms with van der Waals surface area (Å²) in [4.78, 5) is 26.4. The van der Waals surface area contributed by atoms with Crippen molar-refractivity contribution in [1.29, 1.82) is 0 Å². The van der Waals surface area contributed by atoms with Crippen LogP contribution in [-0.4, -0.2) is 18.4 Å². The zero-order chi connectivity index (χ0) is 20.4. The Balaban J connectivity index is 1.54. The van der Waals surface area contributed by atoms with Gasteiger partial charge in [-0.25, -0.2) is 4.39 Å². The second kappa shape index (κ2) is 8.05. The molecule has 0 saturated carbocycles. The van der Waals surface area contributed by atoms with E-state index in [2.05, 4.69) is 21.2 Å². The summed E-state index contributed by atoms with van der Waals surface area (Å²) in [6.07, 6.45) is 0. The van der Waals surface area contributed by atoms with Gasteiger partial charge in [-0.1, -0.05) is 28.1 Å². The number of fused-ring (bicyclic) bond motifs is 1. The normalized spacial score (nSPS) is 12.9. The van der Waals surface area contributed by atoms with E-state index in [1.807, 2.05) is 0 Å². The predicted molar refractivity (Wildman–Crippen MR) is 112 cm³/mol. The van der Waals surface area contributed by atoms with Crippen molar-refractivity contribution in [2.45, 2.75) is 6.54 Å². The lowest BCUT2D eigenvalue weighted by Crippen LogP contribution is -2.38. The van der Waals surface area contributed by atoms with Gasteiger partial charge in [0.25, 0.3) is 11.8 Å². The van der Waals surface area contributed by atoms with Crippen molar-refractivity contribution in [3.8, 4) is 5.75 Å². The van der Waals surface area contributed by atoms with E-state index >= 15 is 0 Å². The molecule has 0 fully saturated rings. The first-order chi connectivity index (χ1) is 14.0. The van der Waals surface area contributed by atoms with E-state index in [0.717, 1.165) is 10.0 Å². The Hall–Kier alpha value is -3.19. The van der Waals surface area contributed by atoms with Crippen molar-refractivity contribution in [3.05, 3.63) is 88.1 Å². The van der Waals surface area contributed by atoms with Crippen LogP contribution in [0.4, 0.5) is 15.8 Å². The Bertz CT molecular complexity index is 1070. The van der Waals surface area contributed by atoms with Crippen LogP contribution in [0, 0.1) is 5.82 Å². The third kappa shape index (κ3) is 4.30. The first kappa shape index (κ1) is 19.1. The van der Waals surface area contributed by atoms with E-state index in [1.54, 1.807) is 59.5 Å². The minimum Gasteiger partial charge on any atom is -0.481 e. The Morgan fingerprint density at radius 1 is 1.07 bits per heavy atom. The maximum atomic E-state index is 13.1. The fraction of sp³-hybridized carbons (Fsp3) is 0.0909. The number of amides is 2. The number of carbonyl (C=O) groups is 2. The zero-order valence-electron chi connectivity index (χ0n) is 15.2. The first-order valence-corrected chi connectivity index (χ1v) is 9.67. The molecule has 0 aliphatic carbocycles. The van der Waals surface area contributed by atoms with Gasteiger partial charge in [-0.3, -0.25) is 9.59 Å².